The smallest absolute Gasteiger partial charge is 0.182 e. The van der Waals surface area contributed by atoms with Gasteiger partial charge in [0.05, 0.1) is 11.2 Å². The van der Waals surface area contributed by atoms with E-state index in [0.717, 1.165) is 29.2 Å². The van der Waals surface area contributed by atoms with Gasteiger partial charge in [-0.25, -0.2) is 4.98 Å². The highest BCUT2D eigenvalue weighted by molar-refractivity contribution is 9.10. The zero-order valence-corrected chi connectivity index (χ0v) is 12.2. The summed E-state index contributed by atoms with van der Waals surface area (Å²) in [6.45, 7) is 0. The molecule has 19 heavy (non-hydrogen) atoms. The summed E-state index contributed by atoms with van der Waals surface area (Å²) in [6, 6.07) is 8.74. The van der Waals surface area contributed by atoms with E-state index >= 15 is 0 Å². The SMILES string of the molecule is NC1(c2cn(-c3cccc(C4CC4)c3)c(Br)n2)CC1. The minimum Gasteiger partial charge on any atom is -0.320 e. The van der Waals surface area contributed by atoms with E-state index in [2.05, 4.69) is 55.9 Å². The summed E-state index contributed by atoms with van der Waals surface area (Å²) in [4.78, 5) is 4.57. The average Bonchev–Trinajstić information content (AvgIpc) is 3.32. The average molecular weight is 318 g/mol. The van der Waals surface area contributed by atoms with Crippen molar-refractivity contribution in [3.8, 4) is 5.69 Å². The Morgan fingerprint density at radius 1 is 1.32 bits per heavy atom. The molecule has 0 aliphatic heterocycles. The second-order valence-electron chi connectivity index (χ2n) is 5.79. The number of benzene rings is 1. The molecule has 2 saturated carbocycles. The molecular weight excluding hydrogens is 302 g/mol. The Balaban J connectivity index is 1.75. The van der Waals surface area contributed by atoms with Gasteiger partial charge in [-0.15, -0.1) is 0 Å². The van der Waals surface area contributed by atoms with Gasteiger partial charge in [0.1, 0.15) is 0 Å². The molecule has 1 aromatic heterocycles. The Bertz CT molecular complexity index is 639. The first-order valence-electron chi connectivity index (χ1n) is 6.80. The lowest BCUT2D eigenvalue weighted by Gasteiger charge is -2.06. The van der Waals surface area contributed by atoms with Crippen molar-refractivity contribution in [2.45, 2.75) is 37.1 Å². The summed E-state index contributed by atoms with van der Waals surface area (Å²) in [5, 5.41) is 0. The lowest BCUT2D eigenvalue weighted by atomic mass is 10.1. The van der Waals surface area contributed by atoms with Gasteiger partial charge in [0, 0.05) is 11.9 Å². The van der Waals surface area contributed by atoms with E-state index in [9.17, 15) is 0 Å². The van der Waals surface area contributed by atoms with E-state index in [1.165, 1.54) is 24.1 Å². The van der Waals surface area contributed by atoms with Gasteiger partial charge in [0.25, 0.3) is 0 Å². The molecule has 0 atom stereocenters. The van der Waals surface area contributed by atoms with E-state index in [1.807, 2.05) is 0 Å². The van der Waals surface area contributed by atoms with E-state index < -0.39 is 0 Å². The third-order valence-electron chi connectivity index (χ3n) is 4.16. The van der Waals surface area contributed by atoms with Crippen molar-refractivity contribution in [1.82, 2.24) is 9.55 Å². The number of rotatable bonds is 3. The molecule has 0 amide bonds. The summed E-state index contributed by atoms with van der Waals surface area (Å²) >= 11 is 3.55. The van der Waals surface area contributed by atoms with Gasteiger partial charge in [-0.2, -0.15) is 0 Å². The number of aromatic nitrogens is 2. The molecule has 4 heteroatoms. The quantitative estimate of drug-likeness (QED) is 0.942. The van der Waals surface area contributed by atoms with Gasteiger partial charge in [0.2, 0.25) is 0 Å². The highest BCUT2D eigenvalue weighted by Crippen LogP contribution is 2.43. The first-order valence-corrected chi connectivity index (χ1v) is 7.60. The molecule has 1 aromatic carbocycles. The highest BCUT2D eigenvalue weighted by atomic mass is 79.9. The number of hydrogen-bond donors (Lipinski definition) is 1. The first-order chi connectivity index (χ1) is 9.16. The van der Waals surface area contributed by atoms with Crippen LogP contribution in [0, 0.1) is 0 Å². The fraction of sp³-hybridized carbons (Fsp3) is 0.400. The van der Waals surface area contributed by atoms with Gasteiger partial charge < -0.3 is 5.73 Å². The van der Waals surface area contributed by atoms with Crippen LogP contribution < -0.4 is 5.73 Å². The molecule has 2 fully saturated rings. The van der Waals surface area contributed by atoms with Crippen molar-refractivity contribution in [2.75, 3.05) is 0 Å². The maximum atomic E-state index is 6.22. The Morgan fingerprint density at radius 2 is 2.11 bits per heavy atom. The third-order valence-corrected chi connectivity index (χ3v) is 4.72. The van der Waals surface area contributed by atoms with Crippen LogP contribution in [0.1, 0.15) is 42.9 Å². The lowest BCUT2D eigenvalue weighted by Crippen LogP contribution is -2.18. The minimum absolute atomic E-state index is 0.179. The molecule has 2 N–H and O–H groups in total. The summed E-state index contributed by atoms with van der Waals surface area (Å²) in [5.74, 6) is 0.769. The largest absolute Gasteiger partial charge is 0.320 e. The van der Waals surface area contributed by atoms with Crippen LogP contribution in [0.25, 0.3) is 5.69 Å². The van der Waals surface area contributed by atoms with Crippen LogP contribution in [0.15, 0.2) is 35.2 Å². The topological polar surface area (TPSA) is 43.8 Å². The van der Waals surface area contributed by atoms with Crippen molar-refractivity contribution in [1.29, 1.82) is 0 Å². The van der Waals surface area contributed by atoms with E-state index in [1.54, 1.807) is 0 Å². The van der Waals surface area contributed by atoms with Crippen molar-refractivity contribution >= 4 is 15.9 Å². The standard InChI is InChI=1S/C15H16BrN3/c16-14-18-13(15(17)6-7-15)9-19(14)12-3-1-2-11(8-12)10-4-5-10/h1-3,8-10H,4-7,17H2. The number of nitrogens with two attached hydrogens (primary N) is 1. The van der Waals surface area contributed by atoms with Crippen LogP contribution in [-0.2, 0) is 5.54 Å². The fourth-order valence-corrected chi connectivity index (χ4v) is 3.01. The number of hydrogen-bond acceptors (Lipinski definition) is 2. The summed E-state index contributed by atoms with van der Waals surface area (Å²) in [6.07, 6.45) is 6.80. The predicted octanol–water partition coefficient (Wildman–Crippen LogP) is 3.46. The van der Waals surface area contributed by atoms with Crippen LogP contribution in [0.4, 0.5) is 0 Å². The van der Waals surface area contributed by atoms with Crippen LogP contribution in [0.3, 0.4) is 0 Å². The van der Waals surface area contributed by atoms with Gasteiger partial charge in [-0.3, -0.25) is 4.57 Å². The monoisotopic (exact) mass is 317 g/mol. The molecule has 0 radical (unpaired) electrons. The normalized spacial score (nSPS) is 20.5. The number of imidazole rings is 1. The molecule has 2 aromatic rings. The van der Waals surface area contributed by atoms with E-state index in [-0.39, 0.29) is 5.54 Å². The summed E-state index contributed by atoms with van der Waals surface area (Å²) in [7, 11) is 0. The van der Waals surface area contributed by atoms with E-state index in [0.29, 0.717) is 0 Å². The molecular formula is C15H16BrN3. The molecule has 2 aliphatic rings. The van der Waals surface area contributed by atoms with Crippen LogP contribution >= 0.6 is 15.9 Å². The van der Waals surface area contributed by atoms with Gasteiger partial charge in [-0.05, 0) is 65.2 Å². The molecule has 0 saturated heterocycles. The summed E-state index contributed by atoms with van der Waals surface area (Å²) in [5.41, 5.74) is 9.64. The molecule has 0 spiro atoms. The van der Waals surface area contributed by atoms with Crippen molar-refractivity contribution < 1.29 is 0 Å². The maximum absolute atomic E-state index is 6.22. The zero-order chi connectivity index (χ0) is 13.0. The second-order valence-corrected chi connectivity index (χ2v) is 6.50. The van der Waals surface area contributed by atoms with Crippen LogP contribution in [0.2, 0.25) is 0 Å². The fourth-order valence-electron chi connectivity index (χ4n) is 2.51. The molecule has 0 bridgehead atoms. The van der Waals surface area contributed by atoms with Crippen molar-refractivity contribution in [3.63, 3.8) is 0 Å². The van der Waals surface area contributed by atoms with Crippen molar-refractivity contribution in [3.05, 3.63) is 46.5 Å². The predicted molar refractivity (Wildman–Crippen MR) is 78.3 cm³/mol. The first kappa shape index (κ1) is 11.7. The highest BCUT2D eigenvalue weighted by Gasteiger charge is 2.42. The Kier molecular flexibility index (Phi) is 2.42. The molecule has 98 valence electrons. The lowest BCUT2D eigenvalue weighted by molar-refractivity contribution is 0.712. The van der Waals surface area contributed by atoms with Gasteiger partial charge >= 0.3 is 0 Å². The molecule has 4 rings (SSSR count). The molecule has 0 unspecified atom stereocenters. The molecule has 3 nitrogen and oxygen atoms in total. The number of halogens is 1. The van der Waals surface area contributed by atoms with Crippen LogP contribution in [0.5, 0.6) is 0 Å². The second kappa shape index (κ2) is 3.93. The Hall–Kier alpha value is -1.13. The zero-order valence-electron chi connectivity index (χ0n) is 10.6. The van der Waals surface area contributed by atoms with Gasteiger partial charge in [-0.1, -0.05) is 12.1 Å². The Morgan fingerprint density at radius 3 is 2.79 bits per heavy atom. The molecule has 1 heterocycles. The molecule has 2 aliphatic carbocycles. The maximum Gasteiger partial charge on any atom is 0.182 e. The van der Waals surface area contributed by atoms with Crippen molar-refractivity contribution in [2.24, 2.45) is 5.73 Å². The third kappa shape index (κ3) is 2.03. The minimum atomic E-state index is -0.179. The van der Waals surface area contributed by atoms with Gasteiger partial charge in [0.15, 0.2) is 4.73 Å². The Labute approximate surface area is 121 Å². The number of nitrogens with zero attached hydrogens (tertiary/aromatic N) is 2. The van der Waals surface area contributed by atoms with Crippen LogP contribution in [-0.4, -0.2) is 9.55 Å². The summed E-state index contributed by atoms with van der Waals surface area (Å²) < 4.78 is 2.93. The van der Waals surface area contributed by atoms with E-state index in [4.69, 9.17) is 5.73 Å².